The number of rotatable bonds is 6. The smallest absolute Gasteiger partial charge is 0.264 e. The summed E-state index contributed by atoms with van der Waals surface area (Å²) in [5, 5.41) is 0.745. The molecule has 4 rings (SSSR count). The topological polar surface area (TPSA) is 54.4 Å². The van der Waals surface area contributed by atoms with Crippen molar-refractivity contribution in [2.75, 3.05) is 11.5 Å². The van der Waals surface area contributed by atoms with Gasteiger partial charge in [-0.25, -0.2) is 0 Å². The van der Waals surface area contributed by atoms with E-state index in [1.54, 1.807) is 0 Å². The fourth-order valence-electron chi connectivity index (χ4n) is 6.53. The van der Waals surface area contributed by atoms with Gasteiger partial charge in [-0.05, 0) is 79.3 Å². The van der Waals surface area contributed by atoms with E-state index in [0.29, 0.717) is 6.42 Å². The van der Waals surface area contributed by atoms with Crippen molar-refractivity contribution in [3.8, 4) is 0 Å². The zero-order chi connectivity index (χ0) is 15.5. The molecule has 22 heavy (non-hydrogen) atoms. The Morgan fingerprint density at radius 1 is 1.09 bits per heavy atom. The summed E-state index contributed by atoms with van der Waals surface area (Å²) in [5.74, 6) is 7.17. The average Bonchev–Trinajstić information content (AvgIpc) is 3.18. The molecule has 4 fully saturated rings. The molecule has 0 radical (unpaired) electrons. The van der Waals surface area contributed by atoms with E-state index in [1.165, 1.54) is 25.7 Å². The molecule has 0 spiro atoms. The Kier molecular flexibility index (Phi) is 3.90. The van der Waals surface area contributed by atoms with E-state index in [1.807, 2.05) is 11.8 Å². The molecular weight excluding hydrogens is 316 g/mol. The van der Waals surface area contributed by atoms with Crippen LogP contribution in [0.1, 0.15) is 32.1 Å². The lowest BCUT2D eigenvalue weighted by molar-refractivity contribution is 0.125. The molecule has 4 aliphatic carbocycles. The van der Waals surface area contributed by atoms with Gasteiger partial charge >= 0.3 is 0 Å². The lowest BCUT2D eigenvalue weighted by atomic mass is 9.67. The molecule has 0 saturated heterocycles. The molecule has 0 heterocycles. The normalized spacial score (nSPS) is 48.8. The fourth-order valence-corrected chi connectivity index (χ4v) is 8.76. The number of allylic oxidation sites excluding steroid dienone is 1. The number of thioether (sulfide) groups is 1. The van der Waals surface area contributed by atoms with Crippen LogP contribution in [-0.4, -0.2) is 29.7 Å². The summed E-state index contributed by atoms with van der Waals surface area (Å²) in [6, 6.07) is 0. The first kappa shape index (κ1) is 15.5. The highest BCUT2D eigenvalue weighted by atomic mass is 32.2. The molecule has 1 N–H and O–H groups in total. The standard InChI is InChI=1S/C17H26O3S2/c1-2-10-6-11-7-13(10)16-12-8-14(17(11)16)15(9-12)21-4-3-5-22(18,19)20/h2,10-17H,1,3-9H2,(H,18,19,20)/t10-,11+,12-,13+,14+,15-,16?,17?/m1/s1. The largest absolute Gasteiger partial charge is 0.286 e. The maximum Gasteiger partial charge on any atom is 0.264 e. The predicted octanol–water partition coefficient (Wildman–Crippen LogP) is 3.48. The van der Waals surface area contributed by atoms with Crippen LogP contribution in [-0.2, 0) is 10.1 Å². The molecule has 124 valence electrons. The third kappa shape index (κ3) is 2.48. The summed E-state index contributed by atoms with van der Waals surface area (Å²) in [5.41, 5.74) is 0. The Bertz CT molecular complexity index is 558. The summed E-state index contributed by atoms with van der Waals surface area (Å²) in [6.07, 6.45) is 8.37. The van der Waals surface area contributed by atoms with Crippen molar-refractivity contribution in [2.45, 2.75) is 37.4 Å². The Morgan fingerprint density at radius 3 is 2.50 bits per heavy atom. The highest BCUT2D eigenvalue weighted by Gasteiger charge is 2.64. The molecule has 0 aromatic heterocycles. The van der Waals surface area contributed by atoms with Crippen LogP contribution in [0.5, 0.6) is 0 Å². The average molecular weight is 343 g/mol. The Morgan fingerprint density at radius 2 is 1.77 bits per heavy atom. The molecule has 8 atom stereocenters. The second-order valence-corrected chi connectivity index (χ2v) is 10.8. The van der Waals surface area contributed by atoms with Gasteiger partial charge in [0.2, 0.25) is 0 Å². The second kappa shape index (κ2) is 5.52. The van der Waals surface area contributed by atoms with Crippen molar-refractivity contribution in [2.24, 2.45) is 41.4 Å². The van der Waals surface area contributed by atoms with Crippen LogP contribution >= 0.6 is 11.8 Å². The SMILES string of the molecule is C=C[C@@H]1C[C@H]2C[C@@H]1C1C2[C@H]2C[C@@H]1C[C@H]2SCCCS(=O)(=O)O. The van der Waals surface area contributed by atoms with Gasteiger partial charge in [0.05, 0.1) is 5.75 Å². The predicted molar refractivity (Wildman–Crippen MR) is 90.4 cm³/mol. The van der Waals surface area contributed by atoms with Crippen LogP contribution in [0.15, 0.2) is 12.7 Å². The second-order valence-electron chi connectivity index (χ2n) is 7.89. The molecule has 3 nitrogen and oxygen atoms in total. The maximum atomic E-state index is 10.8. The quantitative estimate of drug-likeness (QED) is 0.347. The zero-order valence-corrected chi connectivity index (χ0v) is 14.6. The fraction of sp³-hybridized carbons (Fsp3) is 0.882. The minimum atomic E-state index is -3.78. The molecule has 5 heteroatoms. The van der Waals surface area contributed by atoms with Crippen molar-refractivity contribution in [3.05, 3.63) is 12.7 Å². The van der Waals surface area contributed by atoms with Crippen LogP contribution in [0.3, 0.4) is 0 Å². The van der Waals surface area contributed by atoms with E-state index in [9.17, 15) is 8.42 Å². The van der Waals surface area contributed by atoms with Crippen LogP contribution in [0.25, 0.3) is 0 Å². The van der Waals surface area contributed by atoms with Gasteiger partial charge in [-0.15, -0.1) is 6.58 Å². The van der Waals surface area contributed by atoms with Gasteiger partial charge in [0.25, 0.3) is 10.1 Å². The van der Waals surface area contributed by atoms with Gasteiger partial charge in [-0.1, -0.05) is 6.08 Å². The monoisotopic (exact) mass is 342 g/mol. The summed E-state index contributed by atoms with van der Waals surface area (Å²) in [4.78, 5) is 0. The van der Waals surface area contributed by atoms with E-state index < -0.39 is 10.1 Å². The van der Waals surface area contributed by atoms with E-state index in [-0.39, 0.29) is 5.75 Å². The van der Waals surface area contributed by atoms with Crippen molar-refractivity contribution in [3.63, 3.8) is 0 Å². The summed E-state index contributed by atoms with van der Waals surface area (Å²) in [6.45, 7) is 4.05. The highest BCUT2D eigenvalue weighted by molar-refractivity contribution is 7.99. The molecule has 0 aromatic rings. The Labute approximate surface area is 138 Å². The third-order valence-electron chi connectivity index (χ3n) is 6.99. The Balaban J connectivity index is 1.34. The maximum absolute atomic E-state index is 10.8. The van der Waals surface area contributed by atoms with Crippen LogP contribution in [0, 0.1) is 41.4 Å². The first-order valence-electron chi connectivity index (χ1n) is 8.67. The molecule has 4 aliphatic rings. The van der Waals surface area contributed by atoms with Gasteiger partial charge in [0.1, 0.15) is 0 Å². The van der Waals surface area contributed by atoms with Crippen LogP contribution in [0.2, 0.25) is 0 Å². The number of hydrogen-bond acceptors (Lipinski definition) is 3. The van der Waals surface area contributed by atoms with E-state index in [0.717, 1.165) is 52.4 Å². The molecule has 0 aliphatic heterocycles. The molecule has 0 amide bonds. The zero-order valence-electron chi connectivity index (χ0n) is 12.9. The van der Waals surface area contributed by atoms with Gasteiger partial charge in [-0.3, -0.25) is 4.55 Å². The molecule has 4 saturated carbocycles. The molecule has 2 unspecified atom stereocenters. The van der Waals surface area contributed by atoms with Crippen molar-refractivity contribution in [1.29, 1.82) is 0 Å². The number of fused-ring (bicyclic) bond motifs is 9. The van der Waals surface area contributed by atoms with Crippen LogP contribution < -0.4 is 0 Å². The lowest BCUT2D eigenvalue weighted by Crippen LogP contribution is -2.36. The van der Waals surface area contributed by atoms with E-state index in [4.69, 9.17) is 4.55 Å². The minimum absolute atomic E-state index is 0.0847. The van der Waals surface area contributed by atoms with Gasteiger partial charge in [0, 0.05) is 5.25 Å². The number of hydrogen-bond donors (Lipinski definition) is 1. The first-order valence-corrected chi connectivity index (χ1v) is 11.3. The lowest BCUT2D eigenvalue weighted by Gasteiger charge is -2.40. The molecule has 4 bridgehead atoms. The third-order valence-corrected chi connectivity index (χ3v) is 9.29. The molecular formula is C17H26O3S2. The summed E-state index contributed by atoms with van der Waals surface area (Å²) in [7, 11) is -3.78. The first-order chi connectivity index (χ1) is 10.5. The summed E-state index contributed by atoms with van der Waals surface area (Å²) < 4.78 is 30.4. The van der Waals surface area contributed by atoms with Crippen LogP contribution in [0.4, 0.5) is 0 Å². The van der Waals surface area contributed by atoms with E-state index >= 15 is 0 Å². The van der Waals surface area contributed by atoms with Crippen molar-refractivity contribution < 1.29 is 13.0 Å². The van der Waals surface area contributed by atoms with Gasteiger partial charge < -0.3 is 0 Å². The van der Waals surface area contributed by atoms with E-state index in [2.05, 4.69) is 12.7 Å². The Hall–Kier alpha value is -0.0000000000000000763. The van der Waals surface area contributed by atoms with Crippen molar-refractivity contribution >= 4 is 21.9 Å². The van der Waals surface area contributed by atoms with Crippen molar-refractivity contribution in [1.82, 2.24) is 0 Å². The molecule has 0 aromatic carbocycles. The van der Waals surface area contributed by atoms with Gasteiger partial charge in [-0.2, -0.15) is 20.2 Å². The van der Waals surface area contributed by atoms with Gasteiger partial charge in [0.15, 0.2) is 0 Å². The highest BCUT2D eigenvalue weighted by Crippen LogP contribution is 2.70. The summed E-state index contributed by atoms with van der Waals surface area (Å²) >= 11 is 1.97. The minimum Gasteiger partial charge on any atom is -0.286 e.